The highest BCUT2D eigenvalue weighted by atomic mass is 32.2. The number of aliphatic hydroxyl groups excluding tert-OH is 1. The lowest BCUT2D eigenvalue weighted by Crippen LogP contribution is -2.38. The van der Waals surface area contributed by atoms with Gasteiger partial charge in [-0.25, -0.2) is 4.79 Å². The first-order valence-electron chi connectivity index (χ1n) is 9.15. The van der Waals surface area contributed by atoms with Gasteiger partial charge in [0.2, 0.25) is 0 Å². The van der Waals surface area contributed by atoms with Gasteiger partial charge in [0.15, 0.2) is 6.23 Å². The van der Waals surface area contributed by atoms with E-state index < -0.39 is 27.7 Å². The Kier molecular flexibility index (Phi) is 5.96. The second-order valence-corrected chi connectivity index (χ2v) is 9.72. The average molecular weight is 429 g/mol. The van der Waals surface area contributed by atoms with Crippen LogP contribution < -0.4 is 11.2 Å². The SMILES string of the molecule is O=c1ccn([C@@H]2O[C@H](CO)CC2(Sc2ccccc2)Sc2ccccc2)c(=O)[nH]1. The van der Waals surface area contributed by atoms with Crippen molar-refractivity contribution >= 4 is 23.5 Å². The van der Waals surface area contributed by atoms with Crippen LogP contribution in [0.25, 0.3) is 0 Å². The minimum atomic E-state index is -0.681. The van der Waals surface area contributed by atoms with E-state index in [0.29, 0.717) is 6.42 Å². The van der Waals surface area contributed by atoms with Gasteiger partial charge in [-0.05, 0) is 24.3 Å². The summed E-state index contributed by atoms with van der Waals surface area (Å²) in [6.07, 6.45) is 0.877. The smallest absolute Gasteiger partial charge is 0.330 e. The zero-order chi connectivity index (χ0) is 20.3. The molecule has 8 heteroatoms. The maximum atomic E-state index is 12.6. The topological polar surface area (TPSA) is 84.3 Å². The number of thioether (sulfide) groups is 2. The molecular weight excluding hydrogens is 408 g/mol. The summed E-state index contributed by atoms with van der Waals surface area (Å²) in [5.74, 6) is 0. The summed E-state index contributed by atoms with van der Waals surface area (Å²) in [6.45, 7) is -0.152. The van der Waals surface area contributed by atoms with Gasteiger partial charge in [0.1, 0.15) is 4.08 Å². The van der Waals surface area contributed by atoms with Crippen molar-refractivity contribution in [3.8, 4) is 0 Å². The molecule has 0 unspecified atom stereocenters. The summed E-state index contributed by atoms with van der Waals surface area (Å²) in [6, 6.07) is 21.1. The van der Waals surface area contributed by atoms with E-state index in [2.05, 4.69) is 4.98 Å². The fourth-order valence-corrected chi connectivity index (χ4v) is 6.54. The zero-order valence-electron chi connectivity index (χ0n) is 15.4. The third-order valence-corrected chi connectivity index (χ3v) is 7.53. The van der Waals surface area contributed by atoms with Gasteiger partial charge in [0.05, 0.1) is 12.7 Å². The molecular formula is C21H20N2O4S2. The summed E-state index contributed by atoms with van der Waals surface area (Å²) >= 11 is 3.21. The maximum absolute atomic E-state index is 12.6. The lowest BCUT2D eigenvalue weighted by Gasteiger charge is -2.33. The normalized spacial score (nSPS) is 20.6. The van der Waals surface area contributed by atoms with Gasteiger partial charge in [-0.1, -0.05) is 36.4 Å². The van der Waals surface area contributed by atoms with Crippen LogP contribution in [-0.4, -0.2) is 31.4 Å². The second-order valence-electron chi connectivity index (χ2n) is 6.66. The Balaban J connectivity index is 1.82. The number of nitrogens with one attached hydrogen (secondary N) is 1. The van der Waals surface area contributed by atoms with E-state index in [-0.39, 0.29) is 6.61 Å². The highest BCUT2D eigenvalue weighted by molar-refractivity contribution is 8.18. The Morgan fingerprint density at radius 3 is 2.10 bits per heavy atom. The molecule has 2 N–H and O–H groups in total. The summed E-state index contributed by atoms with van der Waals surface area (Å²) in [5.41, 5.74) is -0.993. The third kappa shape index (κ3) is 4.35. The van der Waals surface area contributed by atoms with Crippen molar-refractivity contribution in [1.29, 1.82) is 0 Å². The summed E-state index contributed by atoms with van der Waals surface area (Å²) in [7, 11) is 0. The van der Waals surface area contributed by atoms with Crippen LogP contribution in [0.4, 0.5) is 0 Å². The molecule has 29 heavy (non-hydrogen) atoms. The van der Waals surface area contributed by atoms with Crippen molar-refractivity contribution < 1.29 is 9.84 Å². The number of H-pyrrole nitrogens is 1. The van der Waals surface area contributed by atoms with Crippen molar-refractivity contribution in [2.24, 2.45) is 0 Å². The zero-order valence-corrected chi connectivity index (χ0v) is 17.1. The van der Waals surface area contributed by atoms with E-state index in [9.17, 15) is 14.7 Å². The molecule has 2 aromatic carbocycles. The first-order chi connectivity index (χ1) is 14.1. The molecule has 0 spiro atoms. The van der Waals surface area contributed by atoms with E-state index in [4.69, 9.17) is 4.74 Å². The molecule has 1 aliphatic heterocycles. The molecule has 0 radical (unpaired) electrons. The van der Waals surface area contributed by atoms with E-state index in [1.807, 2.05) is 60.7 Å². The van der Waals surface area contributed by atoms with Crippen molar-refractivity contribution in [3.63, 3.8) is 0 Å². The molecule has 4 rings (SSSR count). The number of nitrogens with zero attached hydrogens (tertiary/aromatic N) is 1. The van der Waals surface area contributed by atoms with Crippen LogP contribution in [0, 0.1) is 0 Å². The highest BCUT2D eigenvalue weighted by Gasteiger charge is 2.51. The molecule has 6 nitrogen and oxygen atoms in total. The van der Waals surface area contributed by atoms with Gasteiger partial charge >= 0.3 is 5.69 Å². The summed E-state index contributed by atoms with van der Waals surface area (Å²) in [4.78, 5) is 28.5. The van der Waals surface area contributed by atoms with Gasteiger partial charge in [-0.3, -0.25) is 14.3 Å². The number of hydrogen-bond donors (Lipinski definition) is 2. The van der Waals surface area contributed by atoms with E-state index >= 15 is 0 Å². The molecule has 0 aliphatic carbocycles. The van der Waals surface area contributed by atoms with Crippen LogP contribution in [0.15, 0.2) is 92.3 Å². The molecule has 3 aromatic rings. The van der Waals surface area contributed by atoms with Crippen LogP contribution in [-0.2, 0) is 4.74 Å². The average Bonchev–Trinajstić information content (AvgIpc) is 3.07. The second kappa shape index (κ2) is 8.62. The minimum Gasteiger partial charge on any atom is -0.394 e. The predicted octanol–water partition coefficient (Wildman–Crippen LogP) is 3.10. The van der Waals surface area contributed by atoms with Gasteiger partial charge < -0.3 is 9.84 Å². The number of benzene rings is 2. The molecule has 0 amide bonds. The molecule has 2 atom stereocenters. The molecule has 150 valence electrons. The fourth-order valence-electron chi connectivity index (χ4n) is 3.33. The first-order valence-corrected chi connectivity index (χ1v) is 10.8. The van der Waals surface area contributed by atoms with Crippen LogP contribution in [0.1, 0.15) is 12.6 Å². The van der Waals surface area contributed by atoms with Crippen molar-refractivity contribution in [2.45, 2.75) is 32.6 Å². The third-order valence-electron chi connectivity index (χ3n) is 4.58. The van der Waals surface area contributed by atoms with Crippen LogP contribution in [0.3, 0.4) is 0 Å². The monoisotopic (exact) mass is 428 g/mol. The van der Waals surface area contributed by atoms with E-state index in [1.165, 1.54) is 16.8 Å². The Morgan fingerprint density at radius 1 is 1.00 bits per heavy atom. The molecule has 1 saturated heterocycles. The van der Waals surface area contributed by atoms with E-state index in [0.717, 1.165) is 9.79 Å². The Hall–Kier alpha value is -2.26. The Bertz CT molecular complexity index is 1030. The predicted molar refractivity (Wildman–Crippen MR) is 114 cm³/mol. The standard InChI is InChI=1S/C21H20N2O4S2/c24-14-15-13-21(28-16-7-3-1-4-8-16,29-17-9-5-2-6-10-17)19(27-15)23-12-11-18(25)22-20(23)26/h1-12,15,19,24H,13-14H2,(H,22,25,26)/t15-,19+/m0/s1. The van der Waals surface area contributed by atoms with Gasteiger partial charge in [0.25, 0.3) is 5.56 Å². The number of aromatic amines is 1. The van der Waals surface area contributed by atoms with Crippen LogP contribution in [0.5, 0.6) is 0 Å². The Morgan fingerprint density at radius 2 is 1.59 bits per heavy atom. The highest BCUT2D eigenvalue weighted by Crippen LogP contribution is 2.58. The van der Waals surface area contributed by atoms with Gasteiger partial charge in [0, 0.05) is 28.5 Å². The molecule has 1 fully saturated rings. The lowest BCUT2D eigenvalue weighted by molar-refractivity contribution is -0.0253. The van der Waals surface area contributed by atoms with Gasteiger partial charge in [-0.15, -0.1) is 23.5 Å². The first kappa shape index (κ1) is 20.0. The van der Waals surface area contributed by atoms with Crippen molar-refractivity contribution in [3.05, 3.63) is 93.8 Å². The number of rotatable bonds is 6. The van der Waals surface area contributed by atoms with Crippen molar-refractivity contribution in [1.82, 2.24) is 9.55 Å². The molecule has 1 aliphatic rings. The molecule has 1 aromatic heterocycles. The van der Waals surface area contributed by atoms with Crippen LogP contribution >= 0.6 is 23.5 Å². The largest absolute Gasteiger partial charge is 0.394 e. The molecule has 0 saturated carbocycles. The van der Waals surface area contributed by atoms with E-state index in [1.54, 1.807) is 23.5 Å². The fraction of sp³-hybridized carbons (Fsp3) is 0.238. The minimum absolute atomic E-state index is 0.152. The lowest BCUT2D eigenvalue weighted by atomic mass is 10.2. The maximum Gasteiger partial charge on any atom is 0.330 e. The molecule has 0 bridgehead atoms. The number of hydrogen-bond acceptors (Lipinski definition) is 6. The Labute approximate surface area is 175 Å². The van der Waals surface area contributed by atoms with Crippen LogP contribution in [0.2, 0.25) is 0 Å². The number of ether oxygens (including phenoxy) is 1. The number of aromatic nitrogens is 2. The summed E-state index contributed by atoms with van der Waals surface area (Å²) in [5, 5.41) is 9.82. The molecule has 2 heterocycles. The summed E-state index contributed by atoms with van der Waals surface area (Å²) < 4.78 is 6.91. The number of aliphatic hydroxyl groups is 1. The quantitative estimate of drug-likeness (QED) is 0.587. The van der Waals surface area contributed by atoms with Gasteiger partial charge in [-0.2, -0.15) is 0 Å². The van der Waals surface area contributed by atoms with Crippen molar-refractivity contribution in [2.75, 3.05) is 6.61 Å².